The van der Waals surface area contributed by atoms with Gasteiger partial charge in [0.15, 0.2) is 0 Å². The number of aryl methyl sites for hydroxylation is 1. The average molecular weight is 362 g/mol. The number of para-hydroxylation sites is 1. The molecular formula is C20H18N4O3. The van der Waals surface area contributed by atoms with Crippen LogP contribution in [0.4, 0.5) is 5.69 Å². The number of carbonyl (C=O) groups is 2. The Labute approximate surface area is 155 Å². The van der Waals surface area contributed by atoms with Gasteiger partial charge in [0.2, 0.25) is 0 Å². The zero-order valence-electron chi connectivity index (χ0n) is 14.7. The Morgan fingerprint density at radius 2 is 2.00 bits per heavy atom. The van der Waals surface area contributed by atoms with E-state index in [1.54, 1.807) is 6.07 Å². The van der Waals surface area contributed by atoms with Crippen LogP contribution in [0, 0.1) is 6.92 Å². The molecule has 0 saturated heterocycles. The molecule has 136 valence electrons. The Kier molecular flexibility index (Phi) is 4.33. The molecule has 0 saturated carbocycles. The van der Waals surface area contributed by atoms with Crippen LogP contribution >= 0.6 is 0 Å². The Bertz CT molecular complexity index is 997. The Balaban J connectivity index is 1.44. The Morgan fingerprint density at radius 3 is 2.81 bits per heavy atom. The molecule has 1 atom stereocenters. The van der Waals surface area contributed by atoms with Crippen molar-refractivity contribution in [1.29, 1.82) is 0 Å². The van der Waals surface area contributed by atoms with Crippen molar-refractivity contribution in [3.8, 4) is 5.75 Å². The Hall–Kier alpha value is -3.61. The molecular weight excluding hydrogens is 344 g/mol. The molecule has 0 radical (unpaired) electrons. The van der Waals surface area contributed by atoms with Crippen molar-refractivity contribution >= 4 is 17.5 Å². The van der Waals surface area contributed by atoms with Gasteiger partial charge < -0.3 is 15.4 Å². The fourth-order valence-electron chi connectivity index (χ4n) is 3.08. The van der Waals surface area contributed by atoms with E-state index in [1.165, 1.54) is 0 Å². The summed E-state index contributed by atoms with van der Waals surface area (Å²) in [6.45, 7) is 2.17. The van der Waals surface area contributed by atoms with Gasteiger partial charge in [-0.2, -0.15) is 5.10 Å². The lowest BCUT2D eigenvalue weighted by molar-refractivity contribution is -0.117. The molecule has 3 aromatic rings. The first-order chi connectivity index (χ1) is 13.1. The van der Waals surface area contributed by atoms with E-state index >= 15 is 0 Å². The van der Waals surface area contributed by atoms with E-state index in [0.717, 1.165) is 22.6 Å². The van der Waals surface area contributed by atoms with Gasteiger partial charge in [-0.15, -0.1) is 0 Å². The minimum absolute atomic E-state index is 0.205. The lowest BCUT2D eigenvalue weighted by atomic mass is 10.0. The van der Waals surface area contributed by atoms with Crippen LogP contribution in [-0.2, 0) is 11.4 Å². The molecule has 0 aliphatic carbocycles. The smallest absolute Gasteiger partial charge is 0.272 e. The fourth-order valence-corrected chi connectivity index (χ4v) is 3.08. The average Bonchev–Trinajstić information content (AvgIpc) is 3.27. The topological polar surface area (TPSA) is 96.1 Å². The normalized spacial score (nSPS) is 15.1. The number of carbonyl (C=O) groups excluding carboxylic acids is 2. The van der Waals surface area contributed by atoms with Crippen molar-refractivity contribution in [3.05, 3.63) is 77.1 Å². The number of H-pyrrole nitrogens is 1. The highest BCUT2D eigenvalue weighted by atomic mass is 16.5. The minimum atomic E-state index is -0.727. The molecule has 1 aliphatic heterocycles. The quantitative estimate of drug-likeness (QED) is 0.650. The number of hydrogen-bond acceptors (Lipinski definition) is 4. The first-order valence-corrected chi connectivity index (χ1v) is 8.55. The summed E-state index contributed by atoms with van der Waals surface area (Å²) in [5.74, 6) is 0.0529. The van der Waals surface area contributed by atoms with E-state index < -0.39 is 11.9 Å². The maximum atomic E-state index is 12.5. The van der Waals surface area contributed by atoms with E-state index in [4.69, 9.17) is 4.74 Å². The van der Waals surface area contributed by atoms with E-state index in [9.17, 15) is 9.59 Å². The third kappa shape index (κ3) is 3.39. The molecule has 7 nitrogen and oxygen atoms in total. The van der Waals surface area contributed by atoms with Gasteiger partial charge in [-0.1, -0.05) is 30.3 Å². The lowest BCUT2D eigenvalue weighted by Crippen LogP contribution is -2.33. The van der Waals surface area contributed by atoms with Crippen LogP contribution in [-0.4, -0.2) is 22.0 Å². The first-order valence-electron chi connectivity index (χ1n) is 8.55. The first kappa shape index (κ1) is 16.8. The number of fused-ring (bicyclic) bond motifs is 1. The summed E-state index contributed by atoms with van der Waals surface area (Å²) in [5.41, 5.74) is 3.33. The summed E-state index contributed by atoms with van der Waals surface area (Å²) in [4.78, 5) is 24.8. The van der Waals surface area contributed by atoms with Gasteiger partial charge in [0.05, 0.1) is 5.69 Å². The third-order valence-electron chi connectivity index (χ3n) is 4.41. The summed E-state index contributed by atoms with van der Waals surface area (Å²) in [6, 6.07) is 15.9. The van der Waals surface area contributed by atoms with E-state index in [1.807, 2.05) is 55.5 Å². The number of aromatic nitrogens is 2. The van der Waals surface area contributed by atoms with Crippen molar-refractivity contribution in [2.45, 2.75) is 19.6 Å². The molecule has 2 aromatic carbocycles. The molecule has 7 heteroatoms. The summed E-state index contributed by atoms with van der Waals surface area (Å²) >= 11 is 0. The number of amides is 2. The number of anilines is 1. The van der Waals surface area contributed by atoms with Gasteiger partial charge in [-0.3, -0.25) is 14.7 Å². The van der Waals surface area contributed by atoms with E-state index in [0.29, 0.717) is 5.69 Å². The predicted molar refractivity (Wildman–Crippen MR) is 99.4 cm³/mol. The molecule has 3 N–H and O–H groups in total. The number of ether oxygens (including phenoxy) is 1. The highest BCUT2D eigenvalue weighted by Crippen LogP contribution is 2.33. The number of benzene rings is 2. The van der Waals surface area contributed by atoms with Gasteiger partial charge in [0.1, 0.15) is 24.1 Å². The second-order valence-electron chi connectivity index (χ2n) is 6.31. The highest BCUT2D eigenvalue weighted by molar-refractivity contribution is 6.06. The predicted octanol–water partition coefficient (Wildman–Crippen LogP) is 2.72. The number of aromatic amines is 1. The van der Waals surface area contributed by atoms with E-state index in [2.05, 4.69) is 20.8 Å². The second kappa shape index (κ2) is 6.95. The van der Waals surface area contributed by atoms with E-state index in [-0.39, 0.29) is 18.2 Å². The summed E-state index contributed by atoms with van der Waals surface area (Å²) in [5, 5.41) is 12.4. The molecule has 4 rings (SSSR count). The highest BCUT2D eigenvalue weighted by Gasteiger charge is 2.33. The second-order valence-corrected chi connectivity index (χ2v) is 6.31. The molecule has 1 unspecified atom stereocenters. The zero-order valence-corrected chi connectivity index (χ0v) is 14.7. The largest absolute Gasteiger partial charge is 0.487 e. The van der Waals surface area contributed by atoms with Crippen LogP contribution in [0.5, 0.6) is 5.75 Å². The van der Waals surface area contributed by atoms with Crippen LogP contribution < -0.4 is 15.4 Å². The van der Waals surface area contributed by atoms with Gasteiger partial charge in [0, 0.05) is 11.3 Å². The summed E-state index contributed by atoms with van der Waals surface area (Å²) in [7, 11) is 0. The number of hydrogen-bond donors (Lipinski definition) is 3. The van der Waals surface area contributed by atoms with Crippen molar-refractivity contribution in [3.63, 3.8) is 0 Å². The molecule has 27 heavy (non-hydrogen) atoms. The lowest BCUT2D eigenvalue weighted by Gasteiger charge is -2.12. The van der Waals surface area contributed by atoms with Gasteiger partial charge in [0.25, 0.3) is 11.8 Å². The molecule has 2 amide bonds. The van der Waals surface area contributed by atoms with Gasteiger partial charge in [-0.05, 0) is 36.8 Å². The van der Waals surface area contributed by atoms with Crippen molar-refractivity contribution < 1.29 is 14.3 Å². The maximum absolute atomic E-state index is 12.5. The van der Waals surface area contributed by atoms with Crippen LogP contribution in [0.1, 0.15) is 33.4 Å². The van der Waals surface area contributed by atoms with Crippen LogP contribution in [0.3, 0.4) is 0 Å². The fraction of sp³-hybridized carbons (Fsp3) is 0.150. The monoisotopic (exact) mass is 362 g/mol. The molecule has 0 bridgehead atoms. The standard InChI is InChI=1S/C20H18N4O3/c1-12-6-5-9-15-17(12)18(20(26)21-15)22-19(25)16-10-13(23-24-16)11-27-14-7-3-2-4-8-14/h2-10,18H,11H2,1H3,(H,21,26)(H,22,25)(H,23,24). The van der Waals surface area contributed by atoms with Gasteiger partial charge in [-0.25, -0.2) is 0 Å². The summed E-state index contributed by atoms with van der Waals surface area (Å²) in [6.07, 6.45) is 0. The molecule has 1 aromatic heterocycles. The molecule has 0 fully saturated rings. The number of nitrogens with zero attached hydrogens (tertiary/aromatic N) is 1. The summed E-state index contributed by atoms with van der Waals surface area (Å²) < 4.78 is 5.63. The zero-order chi connectivity index (χ0) is 18.8. The van der Waals surface area contributed by atoms with Crippen LogP contribution in [0.15, 0.2) is 54.6 Å². The Morgan fingerprint density at radius 1 is 1.19 bits per heavy atom. The molecule has 0 spiro atoms. The third-order valence-corrected chi connectivity index (χ3v) is 4.41. The maximum Gasteiger partial charge on any atom is 0.272 e. The number of nitrogens with one attached hydrogen (secondary N) is 3. The van der Waals surface area contributed by atoms with Crippen LogP contribution in [0.2, 0.25) is 0 Å². The van der Waals surface area contributed by atoms with Crippen molar-refractivity contribution in [1.82, 2.24) is 15.5 Å². The van der Waals surface area contributed by atoms with Crippen molar-refractivity contribution in [2.24, 2.45) is 0 Å². The SMILES string of the molecule is Cc1cccc2c1C(NC(=O)c1cc(COc3ccccc3)[nH]n1)C(=O)N2. The molecule has 2 heterocycles. The minimum Gasteiger partial charge on any atom is -0.487 e. The number of rotatable bonds is 5. The van der Waals surface area contributed by atoms with Crippen molar-refractivity contribution in [2.75, 3.05) is 5.32 Å². The molecule has 1 aliphatic rings. The van der Waals surface area contributed by atoms with Crippen LogP contribution in [0.25, 0.3) is 0 Å². The van der Waals surface area contributed by atoms with Gasteiger partial charge >= 0.3 is 0 Å².